The molecule has 2 aliphatic heterocycles. The molecule has 1 atom stereocenters. The van der Waals surface area contributed by atoms with Crippen LogP contribution >= 0.6 is 0 Å². The highest BCUT2D eigenvalue weighted by atomic mass is 16.5. The van der Waals surface area contributed by atoms with Gasteiger partial charge >= 0.3 is 6.03 Å². The maximum Gasteiger partial charge on any atom is 0.320 e. The lowest BCUT2D eigenvalue weighted by molar-refractivity contribution is 0.153. The average Bonchev–Trinajstić information content (AvgIpc) is 3.42. The second-order valence-corrected chi connectivity index (χ2v) is 10.2. The lowest BCUT2D eigenvalue weighted by atomic mass is 9.98. The number of nitrogens with zero attached hydrogens (tertiary/aromatic N) is 3. The molecule has 1 fully saturated rings. The number of aromatic amines is 1. The Balaban J connectivity index is 1.21. The number of carbonyl (C=O) groups excluding carboxylic acids is 1. The highest BCUT2D eigenvalue weighted by Gasteiger charge is 2.31. The van der Waals surface area contributed by atoms with Crippen LogP contribution in [0.15, 0.2) is 60.7 Å². The fourth-order valence-electron chi connectivity index (χ4n) is 5.68. The van der Waals surface area contributed by atoms with Crippen molar-refractivity contribution in [3.63, 3.8) is 0 Å². The second kappa shape index (κ2) is 9.34. The summed E-state index contributed by atoms with van der Waals surface area (Å²) in [5.41, 5.74) is 7.77. The number of nitrogens with one attached hydrogen (secondary N) is 1. The number of hydrogen-bond donors (Lipinski definition) is 1. The molecule has 1 unspecified atom stereocenters. The van der Waals surface area contributed by atoms with Crippen LogP contribution in [0.1, 0.15) is 28.9 Å². The van der Waals surface area contributed by atoms with Crippen molar-refractivity contribution in [3.8, 4) is 16.9 Å². The molecule has 3 heterocycles. The Bertz CT molecular complexity index is 1410. The molecule has 4 aromatic rings. The smallest absolute Gasteiger partial charge is 0.320 e. The first-order valence-corrected chi connectivity index (χ1v) is 12.8. The Morgan fingerprint density at radius 3 is 2.75 bits per heavy atom. The van der Waals surface area contributed by atoms with E-state index in [2.05, 4.69) is 77.6 Å². The number of benzene rings is 3. The fraction of sp³-hybridized carbons (Fsp3) is 0.333. The molecule has 3 aromatic carbocycles. The van der Waals surface area contributed by atoms with E-state index in [1.165, 1.54) is 5.56 Å². The Hall–Kier alpha value is -3.80. The van der Waals surface area contributed by atoms with Gasteiger partial charge in [-0.05, 0) is 79.1 Å². The summed E-state index contributed by atoms with van der Waals surface area (Å²) in [6.07, 6.45) is 2.08. The molecular formula is C30H32N4O2. The van der Waals surface area contributed by atoms with Gasteiger partial charge in [0.15, 0.2) is 0 Å². The number of hydrogen-bond acceptors (Lipinski definition) is 3. The third-order valence-corrected chi connectivity index (χ3v) is 7.45. The van der Waals surface area contributed by atoms with E-state index in [0.717, 1.165) is 70.8 Å². The standard InChI is InChI=1S/C30H32N4O2/c1-20-14-25(24-8-9-27-28(17-24)32-21(2)31-27)16-26-19-34(12-13-36-29(20)26)30(35)33-11-10-23(18-33)15-22-6-4-3-5-7-22/h3-9,14,16-17,23H,10-13,15,18-19H2,1-2H3,(H,31,32). The van der Waals surface area contributed by atoms with Crippen molar-refractivity contribution in [2.45, 2.75) is 33.2 Å². The molecule has 2 aliphatic rings. The third-order valence-electron chi connectivity index (χ3n) is 7.45. The van der Waals surface area contributed by atoms with Gasteiger partial charge in [0, 0.05) is 18.7 Å². The van der Waals surface area contributed by atoms with Gasteiger partial charge in [0.2, 0.25) is 0 Å². The largest absolute Gasteiger partial charge is 0.491 e. The summed E-state index contributed by atoms with van der Waals surface area (Å²) in [5, 5.41) is 0. The van der Waals surface area contributed by atoms with Gasteiger partial charge in [-0.3, -0.25) is 0 Å². The van der Waals surface area contributed by atoms with Crippen LogP contribution in [-0.4, -0.2) is 52.0 Å². The molecule has 1 saturated heterocycles. The number of H-pyrrole nitrogens is 1. The molecule has 1 N–H and O–H groups in total. The van der Waals surface area contributed by atoms with Crippen molar-refractivity contribution >= 4 is 17.1 Å². The van der Waals surface area contributed by atoms with E-state index in [9.17, 15) is 4.79 Å². The number of imidazole rings is 1. The van der Waals surface area contributed by atoms with Crippen molar-refractivity contribution in [1.82, 2.24) is 19.8 Å². The van der Waals surface area contributed by atoms with E-state index in [4.69, 9.17) is 4.74 Å². The van der Waals surface area contributed by atoms with Crippen LogP contribution in [0.3, 0.4) is 0 Å². The maximum atomic E-state index is 13.5. The monoisotopic (exact) mass is 480 g/mol. The van der Waals surface area contributed by atoms with Crippen LogP contribution in [0.4, 0.5) is 4.79 Å². The highest BCUT2D eigenvalue weighted by Crippen LogP contribution is 2.34. The lowest BCUT2D eigenvalue weighted by Gasteiger charge is -2.26. The third kappa shape index (κ3) is 4.43. The molecule has 6 nitrogen and oxygen atoms in total. The zero-order chi connectivity index (χ0) is 24.6. The Morgan fingerprint density at radius 1 is 1.03 bits per heavy atom. The molecule has 0 saturated carbocycles. The van der Waals surface area contributed by atoms with E-state index in [-0.39, 0.29) is 6.03 Å². The van der Waals surface area contributed by atoms with Crippen LogP contribution in [0.2, 0.25) is 0 Å². The first kappa shape index (κ1) is 22.7. The number of aryl methyl sites for hydroxylation is 2. The number of likely N-dealkylation sites (tertiary alicyclic amines) is 1. The maximum absolute atomic E-state index is 13.5. The van der Waals surface area contributed by atoms with Gasteiger partial charge in [-0.1, -0.05) is 36.4 Å². The summed E-state index contributed by atoms with van der Waals surface area (Å²) in [7, 11) is 0. The van der Waals surface area contributed by atoms with Crippen molar-refractivity contribution in [2.24, 2.45) is 5.92 Å². The number of amides is 2. The van der Waals surface area contributed by atoms with E-state index < -0.39 is 0 Å². The van der Waals surface area contributed by atoms with Crippen LogP contribution in [0.25, 0.3) is 22.2 Å². The highest BCUT2D eigenvalue weighted by molar-refractivity contribution is 5.82. The van der Waals surface area contributed by atoms with E-state index in [1.807, 2.05) is 16.7 Å². The number of ether oxygens (including phenoxy) is 1. The summed E-state index contributed by atoms with van der Waals surface area (Å²) >= 11 is 0. The molecule has 184 valence electrons. The van der Waals surface area contributed by atoms with Gasteiger partial charge in [-0.25, -0.2) is 9.78 Å². The molecule has 6 rings (SSSR count). The Morgan fingerprint density at radius 2 is 1.89 bits per heavy atom. The minimum Gasteiger partial charge on any atom is -0.491 e. The predicted octanol–water partition coefficient (Wildman–Crippen LogP) is 5.73. The molecule has 2 amide bonds. The molecule has 0 aliphatic carbocycles. The molecule has 36 heavy (non-hydrogen) atoms. The molecule has 0 spiro atoms. The topological polar surface area (TPSA) is 61.5 Å². The first-order chi connectivity index (χ1) is 17.5. The fourth-order valence-corrected chi connectivity index (χ4v) is 5.68. The first-order valence-electron chi connectivity index (χ1n) is 12.8. The molecular weight excluding hydrogens is 448 g/mol. The summed E-state index contributed by atoms with van der Waals surface area (Å²) in [6.45, 7) is 7.38. The lowest BCUT2D eigenvalue weighted by Crippen LogP contribution is -2.42. The van der Waals surface area contributed by atoms with E-state index >= 15 is 0 Å². The van der Waals surface area contributed by atoms with Gasteiger partial charge in [-0.2, -0.15) is 0 Å². The quantitative estimate of drug-likeness (QED) is 0.408. The predicted molar refractivity (Wildman–Crippen MR) is 142 cm³/mol. The van der Waals surface area contributed by atoms with Gasteiger partial charge < -0.3 is 19.5 Å². The number of urea groups is 1. The van der Waals surface area contributed by atoms with Crippen LogP contribution < -0.4 is 4.74 Å². The minimum absolute atomic E-state index is 0.124. The molecule has 0 radical (unpaired) electrons. The number of fused-ring (bicyclic) bond motifs is 2. The molecule has 6 heteroatoms. The van der Waals surface area contributed by atoms with Crippen molar-refractivity contribution in [3.05, 3.63) is 83.2 Å². The second-order valence-electron chi connectivity index (χ2n) is 10.2. The van der Waals surface area contributed by atoms with Crippen LogP contribution in [-0.2, 0) is 13.0 Å². The SMILES string of the molecule is Cc1nc2ccc(-c3cc(C)c4c(c3)CN(C(=O)N3CCC(Cc5ccccc5)C3)CCO4)cc2[nH]1. The van der Waals surface area contributed by atoms with Crippen LogP contribution in [0.5, 0.6) is 5.75 Å². The molecule has 1 aromatic heterocycles. The van der Waals surface area contributed by atoms with Crippen molar-refractivity contribution in [2.75, 3.05) is 26.2 Å². The summed E-state index contributed by atoms with van der Waals surface area (Å²) in [4.78, 5) is 25.4. The summed E-state index contributed by atoms with van der Waals surface area (Å²) < 4.78 is 6.16. The number of aromatic nitrogens is 2. The van der Waals surface area contributed by atoms with E-state index in [1.54, 1.807) is 0 Å². The Labute approximate surface area is 211 Å². The molecule has 0 bridgehead atoms. The average molecular weight is 481 g/mol. The van der Waals surface area contributed by atoms with Crippen LogP contribution in [0, 0.1) is 19.8 Å². The van der Waals surface area contributed by atoms with Gasteiger partial charge in [0.25, 0.3) is 0 Å². The van der Waals surface area contributed by atoms with Crippen molar-refractivity contribution < 1.29 is 9.53 Å². The van der Waals surface area contributed by atoms with Gasteiger partial charge in [0.1, 0.15) is 18.2 Å². The van der Waals surface area contributed by atoms with E-state index in [0.29, 0.717) is 25.6 Å². The summed E-state index contributed by atoms with van der Waals surface area (Å²) in [5.74, 6) is 2.34. The normalized spacial score (nSPS) is 17.7. The van der Waals surface area contributed by atoms with Gasteiger partial charge in [0.05, 0.1) is 24.1 Å². The summed E-state index contributed by atoms with van der Waals surface area (Å²) in [6, 6.07) is 21.4. The van der Waals surface area contributed by atoms with Gasteiger partial charge in [-0.15, -0.1) is 0 Å². The minimum atomic E-state index is 0.124. The zero-order valence-electron chi connectivity index (χ0n) is 21.0. The van der Waals surface area contributed by atoms with Crippen molar-refractivity contribution in [1.29, 1.82) is 0 Å². The zero-order valence-corrected chi connectivity index (χ0v) is 21.0. The number of carbonyl (C=O) groups is 1. The Kier molecular flexibility index (Phi) is 5.88. The number of rotatable bonds is 3.